The van der Waals surface area contributed by atoms with Gasteiger partial charge in [-0.05, 0) is 24.3 Å². The third kappa shape index (κ3) is 3.12. The molecule has 2 aromatic heterocycles. The highest BCUT2D eigenvalue weighted by atomic mass is 16.5. The zero-order valence-electron chi connectivity index (χ0n) is 10.2. The second-order valence-corrected chi connectivity index (χ2v) is 3.62. The summed E-state index contributed by atoms with van der Waals surface area (Å²) in [5.74, 6) is -0.439. The largest absolute Gasteiger partial charge is 0.465 e. The first-order valence-electron chi connectivity index (χ1n) is 5.46. The predicted octanol–water partition coefficient (Wildman–Crippen LogP) is 1.52. The minimum Gasteiger partial charge on any atom is -0.465 e. The molecule has 0 saturated heterocycles. The molecule has 96 valence electrons. The molecular formula is C13H11N3O3. The molecule has 1 amide bonds. The summed E-state index contributed by atoms with van der Waals surface area (Å²) in [7, 11) is 1.29. The molecule has 6 heteroatoms. The third-order valence-corrected chi connectivity index (χ3v) is 2.35. The third-order valence-electron chi connectivity index (χ3n) is 2.35. The van der Waals surface area contributed by atoms with Crippen molar-refractivity contribution < 1.29 is 14.3 Å². The Morgan fingerprint density at radius 1 is 1.16 bits per heavy atom. The molecule has 19 heavy (non-hydrogen) atoms. The van der Waals surface area contributed by atoms with Crippen molar-refractivity contribution in [2.24, 2.45) is 0 Å². The smallest absolute Gasteiger partial charge is 0.339 e. The van der Waals surface area contributed by atoms with Gasteiger partial charge in [0.05, 0.1) is 18.2 Å². The van der Waals surface area contributed by atoms with Crippen molar-refractivity contribution in [3.8, 4) is 0 Å². The van der Waals surface area contributed by atoms with E-state index in [2.05, 4.69) is 20.0 Å². The standard InChI is InChI=1S/C13H11N3O3/c1-19-13(18)10-4-5-11(15-8-10)16-12(17)9-3-2-6-14-7-9/h2-8H,1H3,(H,15,16,17). The number of aromatic nitrogens is 2. The molecular weight excluding hydrogens is 246 g/mol. The highest BCUT2D eigenvalue weighted by molar-refractivity contribution is 6.03. The van der Waals surface area contributed by atoms with E-state index in [0.717, 1.165) is 0 Å². The van der Waals surface area contributed by atoms with Crippen LogP contribution in [-0.2, 0) is 4.74 Å². The van der Waals surface area contributed by atoms with Crippen LogP contribution in [0.1, 0.15) is 20.7 Å². The first kappa shape index (κ1) is 12.7. The highest BCUT2D eigenvalue weighted by Crippen LogP contribution is 2.08. The van der Waals surface area contributed by atoms with Crippen LogP contribution in [0.4, 0.5) is 5.82 Å². The number of ether oxygens (including phenoxy) is 1. The van der Waals surface area contributed by atoms with Gasteiger partial charge in [-0.15, -0.1) is 0 Å². The summed E-state index contributed by atoms with van der Waals surface area (Å²) in [5, 5.41) is 2.60. The van der Waals surface area contributed by atoms with Crippen molar-refractivity contribution in [2.45, 2.75) is 0 Å². The summed E-state index contributed by atoms with van der Waals surface area (Å²) in [4.78, 5) is 30.8. The number of rotatable bonds is 3. The molecule has 2 rings (SSSR count). The molecule has 6 nitrogen and oxygen atoms in total. The van der Waals surface area contributed by atoms with E-state index in [1.165, 1.54) is 31.6 Å². The van der Waals surface area contributed by atoms with Crippen molar-refractivity contribution in [1.29, 1.82) is 0 Å². The number of amides is 1. The summed E-state index contributed by atoms with van der Waals surface area (Å²) >= 11 is 0. The van der Waals surface area contributed by atoms with Gasteiger partial charge in [-0.2, -0.15) is 0 Å². The Hall–Kier alpha value is -2.76. The summed E-state index contributed by atoms with van der Waals surface area (Å²) in [6.45, 7) is 0. The second-order valence-electron chi connectivity index (χ2n) is 3.62. The Labute approximate surface area is 109 Å². The highest BCUT2D eigenvalue weighted by Gasteiger charge is 2.08. The molecule has 0 saturated carbocycles. The fraction of sp³-hybridized carbons (Fsp3) is 0.0769. The van der Waals surface area contributed by atoms with E-state index in [4.69, 9.17) is 0 Å². The fourth-order valence-corrected chi connectivity index (χ4v) is 1.39. The lowest BCUT2D eigenvalue weighted by atomic mass is 10.2. The SMILES string of the molecule is COC(=O)c1ccc(NC(=O)c2cccnc2)nc1. The minimum absolute atomic E-state index is 0.314. The Morgan fingerprint density at radius 3 is 2.58 bits per heavy atom. The van der Waals surface area contributed by atoms with Crippen LogP contribution in [0.25, 0.3) is 0 Å². The second kappa shape index (κ2) is 5.72. The van der Waals surface area contributed by atoms with Gasteiger partial charge in [-0.25, -0.2) is 9.78 Å². The maximum Gasteiger partial charge on any atom is 0.339 e. The number of hydrogen-bond donors (Lipinski definition) is 1. The van der Waals surface area contributed by atoms with Crippen molar-refractivity contribution >= 4 is 17.7 Å². The van der Waals surface area contributed by atoms with E-state index in [1.54, 1.807) is 18.3 Å². The molecule has 0 atom stereocenters. The Morgan fingerprint density at radius 2 is 2.00 bits per heavy atom. The number of esters is 1. The number of hydrogen-bond acceptors (Lipinski definition) is 5. The number of carbonyl (C=O) groups excluding carboxylic acids is 2. The molecule has 2 heterocycles. The fourth-order valence-electron chi connectivity index (χ4n) is 1.39. The van der Waals surface area contributed by atoms with Crippen LogP contribution in [0.15, 0.2) is 42.9 Å². The Kier molecular flexibility index (Phi) is 3.82. The van der Waals surface area contributed by atoms with Gasteiger partial charge < -0.3 is 10.1 Å². The molecule has 0 aromatic carbocycles. The van der Waals surface area contributed by atoms with Gasteiger partial charge in [0.1, 0.15) is 5.82 Å². The first-order valence-corrected chi connectivity index (χ1v) is 5.46. The minimum atomic E-state index is -0.474. The molecule has 0 unspecified atom stereocenters. The van der Waals surface area contributed by atoms with Gasteiger partial charge in [0.15, 0.2) is 0 Å². The number of methoxy groups -OCH3 is 1. The van der Waals surface area contributed by atoms with Crippen molar-refractivity contribution in [3.63, 3.8) is 0 Å². The van der Waals surface area contributed by atoms with Gasteiger partial charge in [-0.1, -0.05) is 0 Å². The topological polar surface area (TPSA) is 81.2 Å². The molecule has 1 N–H and O–H groups in total. The van der Waals surface area contributed by atoms with Crippen LogP contribution in [0.3, 0.4) is 0 Å². The van der Waals surface area contributed by atoms with Crippen molar-refractivity contribution in [1.82, 2.24) is 9.97 Å². The maximum atomic E-state index is 11.8. The van der Waals surface area contributed by atoms with Gasteiger partial charge in [-0.3, -0.25) is 9.78 Å². The zero-order valence-corrected chi connectivity index (χ0v) is 10.2. The molecule has 0 aliphatic carbocycles. The van der Waals surface area contributed by atoms with E-state index in [1.807, 2.05) is 0 Å². The zero-order chi connectivity index (χ0) is 13.7. The lowest BCUT2D eigenvalue weighted by Gasteiger charge is -2.04. The average Bonchev–Trinajstić information content (AvgIpc) is 2.48. The first-order chi connectivity index (χ1) is 9.20. The predicted molar refractivity (Wildman–Crippen MR) is 67.8 cm³/mol. The number of nitrogens with one attached hydrogen (secondary N) is 1. The van der Waals surface area contributed by atoms with Crippen LogP contribution in [0, 0.1) is 0 Å². The van der Waals surface area contributed by atoms with Crippen LogP contribution in [-0.4, -0.2) is 29.0 Å². The lowest BCUT2D eigenvalue weighted by Crippen LogP contribution is -2.13. The van der Waals surface area contributed by atoms with E-state index in [0.29, 0.717) is 16.9 Å². The maximum absolute atomic E-state index is 11.8. The van der Waals surface area contributed by atoms with Gasteiger partial charge in [0.2, 0.25) is 0 Å². The molecule has 0 radical (unpaired) electrons. The number of carbonyl (C=O) groups is 2. The summed E-state index contributed by atoms with van der Waals surface area (Å²) in [5.41, 5.74) is 0.753. The summed E-state index contributed by atoms with van der Waals surface area (Å²) < 4.78 is 4.55. The monoisotopic (exact) mass is 257 g/mol. The average molecular weight is 257 g/mol. The molecule has 0 spiro atoms. The molecule has 0 aliphatic heterocycles. The normalized spacial score (nSPS) is 9.74. The molecule has 0 aliphatic rings. The Balaban J connectivity index is 2.08. The lowest BCUT2D eigenvalue weighted by molar-refractivity contribution is 0.0600. The number of pyridine rings is 2. The molecule has 0 bridgehead atoms. The summed E-state index contributed by atoms with van der Waals surface area (Å²) in [6.07, 6.45) is 4.38. The quantitative estimate of drug-likeness (QED) is 0.843. The van der Waals surface area contributed by atoms with Crippen LogP contribution in [0.5, 0.6) is 0 Å². The van der Waals surface area contributed by atoms with E-state index in [9.17, 15) is 9.59 Å². The van der Waals surface area contributed by atoms with E-state index < -0.39 is 5.97 Å². The number of nitrogens with zero attached hydrogens (tertiary/aromatic N) is 2. The van der Waals surface area contributed by atoms with Gasteiger partial charge >= 0.3 is 5.97 Å². The molecule has 0 fully saturated rings. The van der Waals surface area contributed by atoms with Crippen molar-refractivity contribution in [2.75, 3.05) is 12.4 Å². The number of anilines is 1. The van der Waals surface area contributed by atoms with Crippen LogP contribution in [0.2, 0.25) is 0 Å². The van der Waals surface area contributed by atoms with E-state index >= 15 is 0 Å². The Bertz CT molecular complexity index is 582. The summed E-state index contributed by atoms with van der Waals surface area (Å²) in [6, 6.07) is 6.37. The van der Waals surface area contributed by atoms with Crippen molar-refractivity contribution in [3.05, 3.63) is 54.0 Å². The van der Waals surface area contributed by atoms with Crippen LogP contribution < -0.4 is 5.32 Å². The van der Waals surface area contributed by atoms with Gasteiger partial charge in [0.25, 0.3) is 5.91 Å². The van der Waals surface area contributed by atoms with Gasteiger partial charge in [0, 0.05) is 18.6 Å². The molecule has 2 aromatic rings. The van der Waals surface area contributed by atoms with Crippen LogP contribution >= 0.6 is 0 Å². The van der Waals surface area contributed by atoms with E-state index in [-0.39, 0.29) is 5.91 Å².